The van der Waals surface area contributed by atoms with E-state index >= 15 is 0 Å². The summed E-state index contributed by atoms with van der Waals surface area (Å²) in [6, 6.07) is 2.08. The van der Waals surface area contributed by atoms with E-state index in [1.807, 2.05) is 6.92 Å². The predicted octanol–water partition coefficient (Wildman–Crippen LogP) is 2.81. The Morgan fingerprint density at radius 1 is 1.36 bits per heavy atom. The zero-order valence-corrected chi connectivity index (χ0v) is 7.54. The second kappa shape index (κ2) is 3.21. The van der Waals surface area contributed by atoms with Crippen LogP contribution in [0, 0.1) is 11.6 Å². The van der Waals surface area contributed by atoms with Crippen molar-refractivity contribution in [1.82, 2.24) is 9.55 Å². The molecule has 4 heteroatoms. The second-order valence-corrected chi connectivity index (χ2v) is 2.89. The van der Waals surface area contributed by atoms with Crippen molar-refractivity contribution in [2.45, 2.75) is 6.92 Å². The van der Waals surface area contributed by atoms with Crippen molar-refractivity contribution in [3.63, 3.8) is 0 Å². The first-order valence-corrected chi connectivity index (χ1v) is 4.17. The molecule has 0 aliphatic rings. The summed E-state index contributed by atoms with van der Waals surface area (Å²) in [5.41, 5.74) is 0.616. The summed E-state index contributed by atoms with van der Waals surface area (Å²) < 4.78 is 27.6. The maximum absolute atomic E-state index is 13.2. The first kappa shape index (κ1) is 8.87. The predicted molar refractivity (Wildman–Crippen MR) is 50.7 cm³/mol. The second-order valence-electron chi connectivity index (χ2n) is 2.89. The maximum atomic E-state index is 13.2. The van der Waals surface area contributed by atoms with Crippen molar-refractivity contribution >= 4 is 17.2 Å². The van der Waals surface area contributed by atoms with Crippen molar-refractivity contribution in [3.8, 4) is 0 Å². The molecule has 0 radical (unpaired) electrons. The highest BCUT2D eigenvalue weighted by atomic mass is 19.1. The first-order valence-electron chi connectivity index (χ1n) is 4.17. The van der Waals surface area contributed by atoms with E-state index in [0.29, 0.717) is 5.52 Å². The van der Waals surface area contributed by atoms with Gasteiger partial charge in [0.2, 0.25) is 0 Å². The highest BCUT2D eigenvalue weighted by Crippen LogP contribution is 2.18. The van der Waals surface area contributed by atoms with Gasteiger partial charge >= 0.3 is 0 Å². The van der Waals surface area contributed by atoms with Gasteiger partial charge in [-0.15, -0.1) is 0 Å². The minimum absolute atomic E-state index is 0.185. The molecule has 2 aromatic rings. The molecule has 0 amide bonds. The standard InChI is InChI=1S/C10H8F2N2/c1-2-3-14-6-13-10-8(12)4-7(11)5-9(10)14/h2-6H,1H3/b3-2+. The third-order valence-electron chi connectivity index (χ3n) is 1.91. The number of benzene rings is 1. The van der Waals surface area contributed by atoms with Crippen molar-refractivity contribution < 1.29 is 8.78 Å². The van der Waals surface area contributed by atoms with Gasteiger partial charge in [-0.1, -0.05) is 6.08 Å². The smallest absolute Gasteiger partial charge is 0.153 e. The third-order valence-corrected chi connectivity index (χ3v) is 1.91. The number of imidazole rings is 1. The zero-order valence-electron chi connectivity index (χ0n) is 7.54. The van der Waals surface area contributed by atoms with E-state index in [0.717, 1.165) is 6.07 Å². The number of allylic oxidation sites excluding steroid dienone is 1. The van der Waals surface area contributed by atoms with Gasteiger partial charge in [0.1, 0.15) is 17.7 Å². The highest BCUT2D eigenvalue weighted by Gasteiger charge is 2.08. The fourth-order valence-corrected chi connectivity index (χ4v) is 1.34. The van der Waals surface area contributed by atoms with Gasteiger partial charge in [0.25, 0.3) is 0 Å². The van der Waals surface area contributed by atoms with E-state index < -0.39 is 11.6 Å². The van der Waals surface area contributed by atoms with Gasteiger partial charge in [-0.3, -0.25) is 0 Å². The molecule has 0 fully saturated rings. The third kappa shape index (κ3) is 1.28. The molecule has 1 aromatic heterocycles. The molecular formula is C10H8F2N2. The monoisotopic (exact) mass is 194 g/mol. The molecule has 0 saturated heterocycles. The fraction of sp³-hybridized carbons (Fsp3) is 0.100. The Bertz CT molecular complexity index is 500. The van der Waals surface area contributed by atoms with Crippen molar-refractivity contribution in [3.05, 3.63) is 36.2 Å². The minimum atomic E-state index is -0.636. The number of fused-ring (bicyclic) bond motifs is 1. The lowest BCUT2D eigenvalue weighted by Crippen LogP contribution is -1.86. The molecule has 0 aliphatic carbocycles. The summed E-state index contributed by atoms with van der Waals surface area (Å²) in [7, 11) is 0. The van der Waals surface area contributed by atoms with Crippen LogP contribution < -0.4 is 0 Å². The quantitative estimate of drug-likeness (QED) is 0.682. The molecule has 1 aromatic carbocycles. The highest BCUT2D eigenvalue weighted by molar-refractivity contribution is 5.78. The molecule has 0 aliphatic heterocycles. The normalized spacial score (nSPS) is 11.6. The number of hydrogen-bond donors (Lipinski definition) is 0. The molecule has 2 nitrogen and oxygen atoms in total. The lowest BCUT2D eigenvalue weighted by atomic mass is 10.3. The maximum Gasteiger partial charge on any atom is 0.153 e. The van der Waals surface area contributed by atoms with Crippen LogP contribution in [0.4, 0.5) is 8.78 Å². The molecule has 72 valence electrons. The lowest BCUT2D eigenvalue weighted by Gasteiger charge is -1.96. The van der Waals surface area contributed by atoms with Crippen LogP contribution in [0.3, 0.4) is 0 Å². The Morgan fingerprint density at radius 2 is 2.14 bits per heavy atom. The van der Waals surface area contributed by atoms with E-state index in [1.165, 1.54) is 12.4 Å². The van der Waals surface area contributed by atoms with Gasteiger partial charge in [0.05, 0.1) is 5.52 Å². The van der Waals surface area contributed by atoms with Crippen molar-refractivity contribution in [1.29, 1.82) is 0 Å². The Labute approximate surface area is 79.5 Å². The molecular weight excluding hydrogens is 186 g/mol. The Hall–Kier alpha value is -1.71. The zero-order chi connectivity index (χ0) is 10.1. The number of aromatic nitrogens is 2. The topological polar surface area (TPSA) is 17.8 Å². The summed E-state index contributed by atoms with van der Waals surface area (Å²) in [4.78, 5) is 3.85. The molecule has 0 bridgehead atoms. The number of hydrogen-bond acceptors (Lipinski definition) is 1. The fourth-order valence-electron chi connectivity index (χ4n) is 1.34. The number of nitrogens with zero attached hydrogens (tertiary/aromatic N) is 2. The van der Waals surface area contributed by atoms with Crippen LogP contribution in [0.1, 0.15) is 6.92 Å². The molecule has 0 saturated carbocycles. The number of rotatable bonds is 1. The Kier molecular flexibility index (Phi) is 2.04. The van der Waals surface area contributed by atoms with Crippen LogP contribution >= 0.6 is 0 Å². The minimum Gasteiger partial charge on any atom is -0.306 e. The van der Waals surface area contributed by atoms with Gasteiger partial charge in [0, 0.05) is 18.3 Å². The average molecular weight is 194 g/mol. The summed E-state index contributed by atoms with van der Waals surface area (Å²) in [6.45, 7) is 1.82. The Balaban J connectivity index is 2.78. The van der Waals surface area contributed by atoms with Crippen LogP contribution in [0.5, 0.6) is 0 Å². The van der Waals surface area contributed by atoms with E-state index in [-0.39, 0.29) is 5.52 Å². The Morgan fingerprint density at radius 3 is 2.86 bits per heavy atom. The summed E-state index contributed by atoms with van der Waals surface area (Å²) >= 11 is 0. The van der Waals surface area contributed by atoms with Crippen LogP contribution in [-0.4, -0.2) is 9.55 Å². The molecule has 14 heavy (non-hydrogen) atoms. The molecule has 0 unspecified atom stereocenters. The average Bonchev–Trinajstić information content (AvgIpc) is 2.49. The van der Waals surface area contributed by atoms with Crippen LogP contribution in [0.15, 0.2) is 24.5 Å². The van der Waals surface area contributed by atoms with Gasteiger partial charge in [0.15, 0.2) is 5.82 Å². The molecule has 0 atom stereocenters. The van der Waals surface area contributed by atoms with Gasteiger partial charge in [-0.05, 0) is 6.92 Å². The largest absolute Gasteiger partial charge is 0.306 e. The van der Waals surface area contributed by atoms with Crippen LogP contribution in [0.25, 0.3) is 17.2 Å². The van der Waals surface area contributed by atoms with E-state index in [9.17, 15) is 8.78 Å². The summed E-state index contributed by atoms with van der Waals surface area (Å²) in [6.07, 6.45) is 4.91. The van der Waals surface area contributed by atoms with Gasteiger partial charge in [-0.25, -0.2) is 13.8 Å². The van der Waals surface area contributed by atoms with Crippen LogP contribution in [-0.2, 0) is 0 Å². The van der Waals surface area contributed by atoms with Crippen LogP contribution in [0.2, 0.25) is 0 Å². The number of halogens is 2. The van der Waals surface area contributed by atoms with Gasteiger partial charge < -0.3 is 4.57 Å². The molecule has 2 rings (SSSR count). The first-order chi connectivity index (χ1) is 6.72. The SMILES string of the molecule is C/C=C/n1cnc2c(F)cc(F)cc21. The summed E-state index contributed by atoms with van der Waals surface area (Å²) in [5, 5.41) is 0. The van der Waals surface area contributed by atoms with Crippen molar-refractivity contribution in [2.24, 2.45) is 0 Å². The van der Waals surface area contributed by atoms with E-state index in [4.69, 9.17) is 0 Å². The lowest BCUT2D eigenvalue weighted by molar-refractivity contribution is 0.590. The molecule has 0 spiro atoms. The van der Waals surface area contributed by atoms with Gasteiger partial charge in [-0.2, -0.15) is 0 Å². The van der Waals surface area contributed by atoms with E-state index in [1.54, 1.807) is 16.8 Å². The van der Waals surface area contributed by atoms with Crippen molar-refractivity contribution in [2.75, 3.05) is 0 Å². The summed E-state index contributed by atoms with van der Waals surface area (Å²) in [5.74, 6) is -1.23. The molecule has 1 heterocycles. The van der Waals surface area contributed by atoms with E-state index in [2.05, 4.69) is 4.98 Å². The molecule has 0 N–H and O–H groups in total.